The first kappa shape index (κ1) is 11.6. The van der Waals surface area contributed by atoms with Crippen molar-refractivity contribution in [3.8, 4) is 0 Å². The molecule has 0 spiro atoms. The first-order valence-electron chi connectivity index (χ1n) is 5.08. The third kappa shape index (κ3) is 3.57. The van der Waals surface area contributed by atoms with Gasteiger partial charge in [0.2, 0.25) is 0 Å². The molecule has 2 heterocycles. The number of nitrogens with one attached hydrogen (secondary N) is 1. The Bertz CT molecular complexity index is 476. The van der Waals surface area contributed by atoms with Gasteiger partial charge in [-0.2, -0.15) is 0 Å². The molecule has 2 aromatic heterocycles. The summed E-state index contributed by atoms with van der Waals surface area (Å²) in [4.78, 5) is 20.6. The van der Waals surface area contributed by atoms with E-state index in [-0.39, 0.29) is 5.91 Å². The molecule has 0 aliphatic heterocycles. The molecule has 0 unspecified atom stereocenters. The van der Waals surface area contributed by atoms with Crippen LogP contribution in [0.5, 0.6) is 0 Å². The molecule has 0 saturated heterocycles. The molecule has 0 aliphatic rings. The molecule has 0 saturated carbocycles. The second-order valence-electron chi connectivity index (χ2n) is 3.19. The van der Waals surface area contributed by atoms with Gasteiger partial charge in [-0.1, -0.05) is 6.07 Å². The van der Waals surface area contributed by atoms with Crippen LogP contribution in [0.2, 0.25) is 0 Å². The normalized spacial score (nSPS) is 9.88. The monoisotopic (exact) mass is 245 g/mol. The molecule has 86 valence electrons. The number of hydrogen-bond acceptors (Lipinski definition) is 4. The summed E-state index contributed by atoms with van der Waals surface area (Å²) >= 11 is 1.54. The highest BCUT2D eigenvalue weighted by molar-refractivity contribution is 7.99. The number of pyridine rings is 2. The number of thioether (sulfide) groups is 1. The number of hydrogen-bond donors (Lipinski definition) is 1. The Morgan fingerprint density at radius 1 is 1.18 bits per heavy atom. The molecule has 0 radical (unpaired) electrons. The van der Waals surface area contributed by atoms with Gasteiger partial charge in [0.25, 0.3) is 5.91 Å². The van der Waals surface area contributed by atoms with Gasteiger partial charge in [-0.05, 0) is 24.3 Å². The first-order valence-corrected chi connectivity index (χ1v) is 6.07. The summed E-state index contributed by atoms with van der Waals surface area (Å²) in [5, 5.41) is 2.79. The van der Waals surface area contributed by atoms with Crippen molar-refractivity contribution >= 4 is 17.7 Å². The smallest absolute Gasteiger partial charge is 0.270 e. The van der Waals surface area contributed by atoms with Gasteiger partial charge in [-0.25, -0.2) is 0 Å². The molecule has 0 atom stereocenters. The lowest BCUT2D eigenvalue weighted by atomic mass is 10.3. The van der Waals surface area contributed by atoms with Crippen molar-refractivity contribution in [1.29, 1.82) is 0 Å². The third-order valence-electron chi connectivity index (χ3n) is 2.02. The van der Waals surface area contributed by atoms with E-state index in [9.17, 15) is 4.79 Å². The minimum absolute atomic E-state index is 0.160. The minimum Gasteiger partial charge on any atom is -0.341 e. The highest BCUT2D eigenvalue weighted by Crippen LogP contribution is 2.14. The van der Waals surface area contributed by atoms with Crippen LogP contribution >= 0.6 is 11.8 Å². The number of rotatable bonds is 4. The van der Waals surface area contributed by atoms with E-state index in [1.54, 1.807) is 48.6 Å². The number of carbonyl (C=O) groups excluding carboxylic acids is 1. The van der Waals surface area contributed by atoms with Crippen LogP contribution < -0.4 is 5.32 Å². The van der Waals surface area contributed by atoms with Crippen molar-refractivity contribution in [2.45, 2.75) is 4.90 Å². The van der Waals surface area contributed by atoms with Crippen LogP contribution in [0.15, 0.2) is 53.8 Å². The molecule has 0 aromatic carbocycles. The molecule has 0 fully saturated rings. The van der Waals surface area contributed by atoms with Crippen molar-refractivity contribution in [3.63, 3.8) is 0 Å². The zero-order valence-corrected chi connectivity index (χ0v) is 9.85. The first-order chi connectivity index (χ1) is 8.36. The minimum atomic E-state index is -0.160. The highest BCUT2D eigenvalue weighted by Gasteiger charge is 2.04. The van der Waals surface area contributed by atoms with E-state index in [1.807, 2.05) is 12.1 Å². The van der Waals surface area contributed by atoms with Crippen LogP contribution in [-0.2, 0) is 0 Å². The average Bonchev–Trinajstić information content (AvgIpc) is 2.41. The van der Waals surface area contributed by atoms with Crippen molar-refractivity contribution in [2.24, 2.45) is 0 Å². The Kier molecular flexibility index (Phi) is 4.10. The Hall–Kier alpha value is -1.88. The number of nitrogens with zero attached hydrogens (tertiary/aromatic N) is 2. The zero-order valence-electron chi connectivity index (χ0n) is 9.04. The molecule has 0 aliphatic carbocycles. The van der Waals surface area contributed by atoms with Gasteiger partial charge in [0.15, 0.2) is 0 Å². The van der Waals surface area contributed by atoms with Crippen molar-refractivity contribution in [2.75, 3.05) is 5.88 Å². The molecule has 1 N–H and O–H groups in total. The summed E-state index contributed by atoms with van der Waals surface area (Å²) in [6, 6.07) is 9.06. The Balaban J connectivity index is 1.82. The molecule has 5 heteroatoms. The van der Waals surface area contributed by atoms with E-state index in [4.69, 9.17) is 0 Å². The largest absolute Gasteiger partial charge is 0.341 e. The SMILES string of the molecule is O=C(NCSc1ccncc1)c1ccccn1. The van der Waals surface area contributed by atoms with Crippen LogP contribution in [-0.4, -0.2) is 21.8 Å². The lowest BCUT2D eigenvalue weighted by Crippen LogP contribution is -2.23. The predicted molar refractivity (Wildman–Crippen MR) is 66.7 cm³/mol. The van der Waals surface area contributed by atoms with Gasteiger partial charge in [-0.15, -0.1) is 11.8 Å². The van der Waals surface area contributed by atoms with E-state index < -0.39 is 0 Å². The number of carbonyl (C=O) groups is 1. The van der Waals surface area contributed by atoms with Crippen LogP contribution in [0.3, 0.4) is 0 Å². The molecule has 1 amide bonds. The predicted octanol–water partition coefficient (Wildman–Crippen LogP) is 1.96. The van der Waals surface area contributed by atoms with Crippen LogP contribution in [0.4, 0.5) is 0 Å². The van der Waals surface area contributed by atoms with Crippen LogP contribution in [0.1, 0.15) is 10.5 Å². The molecule has 0 bridgehead atoms. The fourth-order valence-corrected chi connectivity index (χ4v) is 1.89. The van der Waals surface area contributed by atoms with E-state index in [1.165, 1.54) is 0 Å². The molecule has 2 rings (SSSR count). The Labute approximate surface area is 103 Å². The Morgan fingerprint density at radius 3 is 2.71 bits per heavy atom. The maximum absolute atomic E-state index is 11.6. The summed E-state index contributed by atoms with van der Waals surface area (Å²) in [6.45, 7) is 0. The topological polar surface area (TPSA) is 54.9 Å². The number of aromatic nitrogens is 2. The van der Waals surface area contributed by atoms with Crippen LogP contribution in [0.25, 0.3) is 0 Å². The van der Waals surface area contributed by atoms with Crippen molar-refractivity contribution in [1.82, 2.24) is 15.3 Å². The van der Waals surface area contributed by atoms with Crippen molar-refractivity contribution < 1.29 is 4.79 Å². The van der Waals surface area contributed by atoms with E-state index >= 15 is 0 Å². The maximum Gasteiger partial charge on any atom is 0.270 e. The standard InChI is InChI=1S/C12H11N3OS/c16-12(11-3-1-2-6-14-11)15-9-17-10-4-7-13-8-5-10/h1-8H,9H2,(H,15,16). The quantitative estimate of drug-likeness (QED) is 0.661. The van der Waals surface area contributed by atoms with Gasteiger partial charge < -0.3 is 5.32 Å². The summed E-state index contributed by atoms with van der Waals surface area (Å²) in [6.07, 6.45) is 5.05. The van der Waals surface area contributed by atoms with Gasteiger partial charge in [0.1, 0.15) is 5.69 Å². The van der Waals surface area contributed by atoms with Gasteiger partial charge in [-0.3, -0.25) is 14.8 Å². The van der Waals surface area contributed by atoms with Gasteiger partial charge >= 0.3 is 0 Å². The fraction of sp³-hybridized carbons (Fsp3) is 0.0833. The summed E-state index contributed by atoms with van der Waals surface area (Å²) < 4.78 is 0. The lowest BCUT2D eigenvalue weighted by Gasteiger charge is -2.03. The zero-order chi connectivity index (χ0) is 11.9. The number of amides is 1. The summed E-state index contributed by atoms with van der Waals surface area (Å²) in [7, 11) is 0. The summed E-state index contributed by atoms with van der Waals surface area (Å²) in [5.41, 5.74) is 0.433. The third-order valence-corrected chi connectivity index (χ3v) is 2.91. The second kappa shape index (κ2) is 6.00. The lowest BCUT2D eigenvalue weighted by molar-refractivity contribution is 0.0956. The molecule has 4 nitrogen and oxygen atoms in total. The highest BCUT2D eigenvalue weighted by atomic mass is 32.2. The summed E-state index contributed by atoms with van der Waals surface area (Å²) in [5.74, 6) is 0.353. The molecule has 2 aromatic rings. The van der Waals surface area contributed by atoms with E-state index in [2.05, 4.69) is 15.3 Å². The van der Waals surface area contributed by atoms with E-state index in [0.717, 1.165) is 4.90 Å². The van der Waals surface area contributed by atoms with E-state index in [0.29, 0.717) is 11.6 Å². The Morgan fingerprint density at radius 2 is 2.00 bits per heavy atom. The second-order valence-corrected chi connectivity index (χ2v) is 4.24. The molecular weight excluding hydrogens is 234 g/mol. The van der Waals surface area contributed by atoms with Gasteiger partial charge in [0, 0.05) is 23.5 Å². The van der Waals surface area contributed by atoms with Crippen LogP contribution in [0, 0.1) is 0 Å². The fourth-order valence-electron chi connectivity index (χ4n) is 1.21. The van der Waals surface area contributed by atoms with Crippen molar-refractivity contribution in [3.05, 3.63) is 54.6 Å². The maximum atomic E-state index is 11.6. The van der Waals surface area contributed by atoms with Gasteiger partial charge in [0.05, 0.1) is 5.88 Å². The molecular formula is C12H11N3OS. The molecule has 17 heavy (non-hydrogen) atoms. The average molecular weight is 245 g/mol.